The Morgan fingerprint density at radius 3 is 2.49 bits per heavy atom. The molecule has 2 aromatic carbocycles. The first kappa shape index (κ1) is 23.1. The van der Waals surface area contributed by atoms with Crippen molar-refractivity contribution < 1.29 is 27.4 Å². The van der Waals surface area contributed by atoms with Crippen LogP contribution in [0.15, 0.2) is 54.6 Å². The van der Waals surface area contributed by atoms with Gasteiger partial charge in [0, 0.05) is 31.6 Å². The summed E-state index contributed by atoms with van der Waals surface area (Å²) in [6.07, 6.45) is -4.09. The lowest BCUT2D eigenvalue weighted by Gasteiger charge is -2.32. The van der Waals surface area contributed by atoms with E-state index in [2.05, 4.69) is 4.98 Å². The topological polar surface area (TPSA) is 67.8 Å². The fourth-order valence-corrected chi connectivity index (χ4v) is 4.15. The zero-order valence-corrected chi connectivity index (χ0v) is 18.8. The summed E-state index contributed by atoms with van der Waals surface area (Å²) >= 11 is 0. The van der Waals surface area contributed by atoms with E-state index in [9.17, 15) is 18.0 Å². The number of morpholine rings is 1. The van der Waals surface area contributed by atoms with Gasteiger partial charge in [0.2, 0.25) is 11.8 Å². The second-order valence-electron chi connectivity index (χ2n) is 8.32. The number of ether oxygens (including phenoxy) is 2. The van der Waals surface area contributed by atoms with Gasteiger partial charge in [-0.25, -0.2) is 4.98 Å². The Labute approximate surface area is 200 Å². The number of alkyl halides is 3. The van der Waals surface area contributed by atoms with E-state index in [4.69, 9.17) is 14.5 Å². The number of halogens is 3. The Morgan fingerprint density at radius 1 is 0.971 bits per heavy atom. The van der Waals surface area contributed by atoms with Crippen molar-refractivity contribution in [3.05, 3.63) is 77.0 Å². The highest BCUT2D eigenvalue weighted by Gasteiger charge is 2.33. The van der Waals surface area contributed by atoms with Gasteiger partial charge in [-0.15, -0.1) is 0 Å². The van der Waals surface area contributed by atoms with Crippen molar-refractivity contribution in [1.82, 2.24) is 14.9 Å². The summed E-state index contributed by atoms with van der Waals surface area (Å²) in [6, 6.07) is 13.6. The smallest absolute Gasteiger partial charge is 0.416 e. The summed E-state index contributed by atoms with van der Waals surface area (Å²) in [5.41, 5.74) is 0.546. The molecule has 1 fully saturated rings. The maximum absolute atomic E-state index is 13.2. The van der Waals surface area contributed by atoms with E-state index in [1.165, 1.54) is 17.0 Å². The second kappa shape index (κ2) is 9.53. The van der Waals surface area contributed by atoms with Crippen LogP contribution in [0.5, 0.6) is 11.6 Å². The number of hydrogen-bond acceptors (Lipinski definition) is 6. The first-order chi connectivity index (χ1) is 16.9. The lowest BCUT2D eigenvalue weighted by atomic mass is 10.0. The van der Waals surface area contributed by atoms with Crippen LogP contribution < -0.4 is 9.64 Å². The molecule has 0 atom stereocenters. The molecule has 2 aliphatic rings. The lowest BCUT2D eigenvalue weighted by molar-refractivity contribution is -0.137. The van der Waals surface area contributed by atoms with Crippen molar-refractivity contribution in [1.29, 1.82) is 0 Å². The molecular weight excluding hydrogens is 461 g/mol. The van der Waals surface area contributed by atoms with Crippen LogP contribution in [0.4, 0.5) is 19.1 Å². The molecule has 3 heterocycles. The van der Waals surface area contributed by atoms with Crippen LogP contribution in [-0.2, 0) is 23.9 Å². The number of fused-ring (bicyclic) bond motifs is 1. The maximum atomic E-state index is 13.2. The monoisotopic (exact) mass is 484 g/mol. The number of amides is 1. The molecule has 0 N–H and O–H groups in total. The average Bonchev–Trinajstić information content (AvgIpc) is 2.88. The molecule has 2 aliphatic heterocycles. The average molecular weight is 484 g/mol. The minimum absolute atomic E-state index is 0.0142. The van der Waals surface area contributed by atoms with E-state index in [0.29, 0.717) is 62.4 Å². The number of hydrogen-bond donors (Lipinski definition) is 0. The Kier molecular flexibility index (Phi) is 6.29. The molecule has 0 bridgehead atoms. The third kappa shape index (κ3) is 5.07. The fourth-order valence-electron chi connectivity index (χ4n) is 4.15. The van der Waals surface area contributed by atoms with Gasteiger partial charge >= 0.3 is 6.18 Å². The van der Waals surface area contributed by atoms with E-state index >= 15 is 0 Å². The van der Waals surface area contributed by atoms with E-state index < -0.39 is 17.6 Å². The normalized spacial score (nSPS) is 16.1. The van der Waals surface area contributed by atoms with Gasteiger partial charge < -0.3 is 19.3 Å². The third-order valence-electron chi connectivity index (χ3n) is 5.99. The number of rotatable bonds is 4. The number of para-hydroxylation sites is 1. The molecule has 5 rings (SSSR count). The van der Waals surface area contributed by atoms with E-state index in [0.717, 1.165) is 17.8 Å². The predicted octanol–water partition coefficient (Wildman–Crippen LogP) is 4.32. The van der Waals surface area contributed by atoms with Gasteiger partial charge in [-0.1, -0.05) is 24.3 Å². The maximum Gasteiger partial charge on any atom is 0.416 e. The minimum atomic E-state index is -4.52. The van der Waals surface area contributed by atoms with Gasteiger partial charge in [-0.05, 0) is 30.3 Å². The van der Waals surface area contributed by atoms with Gasteiger partial charge in [0.15, 0.2) is 0 Å². The molecule has 1 amide bonds. The number of aromatic nitrogens is 2. The van der Waals surface area contributed by atoms with E-state index in [1.54, 1.807) is 12.1 Å². The summed E-state index contributed by atoms with van der Waals surface area (Å²) in [7, 11) is 0. The molecule has 1 saturated heterocycles. The third-order valence-corrected chi connectivity index (χ3v) is 5.99. The summed E-state index contributed by atoms with van der Waals surface area (Å²) in [6.45, 7) is 2.93. The van der Waals surface area contributed by atoms with Crippen molar-refractivity contribution in [3.8, 4) is 11.6 Å². The Morgan fingerprint density at radius 2 is 1.74 bits per heavy atom. The summed E-state index contributed by atoms with van der Waals surface area (Å²) in [4.78, 5) is 26.1. The molecule has 10 heteroatoms. The van der Waals surface area contributed by atoms with Crippen LogP contribution >= 0.6 is 0 Å². The van der Waals surface area contributed by atoms with Crippen LogP contribution in [0.3, 0.4) is 0 Å². The van der Waals surface area contributed by atoms with E-state index in [-0.39, 0.29) is 12.1 Å². The van der Waals surface area contributed by atoms with Crippen molar-refractivity contribution in [2.45, 2.75) is 19.1 Å². The van der Waals surface area contributed by atoms with Crippen molar-refractivity contribution in [2.75, 3.05) is 37.7 Å². The van der Waals surface area contributed by atoms with Crippen LogP contribution in [0, 0.1) is 0 Å². The number of anilines is 1. The molecule has 0 unspecified atom stereocenters. The first-order valence-electron chi connectivity index (χ1n) is 11.3. The molecule has 0 radical (unpaired) electrons. The summed E-state index contributed by atoms with van der Waals surface area (Å²) in [5, 5.41) is 0. The van der Waals surface area contributed by atoms with Crippen LogP contribution in [-0.4, -0.2) is 53.6 Å². The molecule has 35 heavy (non-hydrogen) atoms. The number of carbonyl (C=O) groups excluding carboxylic acids is 1. The molecule has 0 aliphatic carbocycles. The van der Waals surface area contributed by atoms with Gasteiger partial charge in [0.05, 0.1) is 36.6 Å². The quantitative estimate of drug-likeness (QED) is 0.550. The Balaban J connectivity index is 1.46. The highest BCUT2D eigenvalue weighted by Crippen LogP contribution is 2.33. The largest absolute Gasteiger partial charge is 0.438 e. The SMILES string of the molecule is O=C(c1cccc(C(F)(F)F)c1)N1CCc2nc(N3CCOCC3)nc(Oc3ccccc3)c2C1. The summed E-state index contributed by atoms with van der Waals surface area (Å²) < 4.78 is 51.0. The van der Waals surface area contributed by atoms with Gasteiger partial charge in [-0.3, -0.25) is 4.79 Å². The number of carbonyl (C=O) groups is 1. The number of nitrogens with zero attached hydrogens (tertiary/aromatic N) is 4. The number of benzene rings is 2. The Bertz CT molecular complexity index is 1210. The zero-order chi connectivity index (χ0) is 24.4. The minimum Gasteiger partial charge on any atom is -0.438 e. The summed E-state index contributed by atoms with van der Waals surface area (Å²) in [5.74, 6) is 0.979. The van der Waals surface area contributed by atoms with Crippen LogP contribution in [0.2, 0.25) is 0 Å². The molecule has 0 saturated carbocycles. The van der Waals surface area contributed by atoms with E-state index in [1.807, 2.05) is 23.1 Å². The highest BCUT2D eigenvalue weighted by atomic mass is 19.4. The molecule has 7 nitrogen and oxygen atoms in total. The predicted molar refractivity (Wildman–Crippen MR) is 121 cm³/mol. The van der Waals surface area contributed by atoms with Gasteiger partial charge in [0.25, 0.3) is 5.91 Å². The zero-order valence-electron chi connectivity index (χ0n) is 18.8. The van der Waals surface area contributed by atoms with Crippen molar-refractivity contribution in [2.24, 2.45) is 0 Å². The van der Waals surface area contributed by atoms with Gasteiger partial charge in [-0.2, -0.15) is 18.2 Å². The van der Waals surface area contributed by atoms with Gasteiger partial charge in [0.1, 0.15) is 5.75 Å². The fraction of sp³-hybridized carbons (Fsp3) is 0.320. The van der Waals surface area contributed by atoms with Crippen LogP contribution in [0.1, 0.15) is 27.2 Å². The highest BCUT2D eigenvalue weighted by molar-refractivity contribution is 5.94. The molecule has 182 valence electrons. The molecular formula is C25H23F3N4O3. The Hall–Kier alpha value is -3.66. The van der Waals surface area contributed by atoms with Crippen molar-refractivity contribution >= 4 is 11.9 Å². The van der Waals surface area contributed by atoms with Crippen molar-refractivity contribution in [3.63, 3.8) is 0 Å². The second-order valence-corrected chi connectivity index (χ2v) is 8.32. The van der Waals surface area contributed by atoms with Crippen LogP contribution in [0.25, 0.3) is 0 Å². The first-order valence-corrected chi connectivity index (χ1v) is 11.3. The molecule has 0 spiro atoms. The standard InChI is InChI=1S/C25H23F3N4O3/c26-25(27,28)18-6-4-5-17(15-18)23(33)32-10-9-21-20(16-32)22(35-19-7-2-1-3-8-19)30-24(29-21)31-11-13-34-14-12-31/h1-8,15H,9-14,16H2. The molecule has 3 aromatic rings. The lowest BCUT2D eigenvalue weighted by Crippen LogP contribution is -2.39. The molecule has 1 aromatic heterocycles.